The number of nitrogens with one attached hydrogen (secondary N) is 3. The van der Waals surface area contributed by atoms with Crippen molar-refractivity contribution in [1.82, 2.24) is 15.2 Å². The van der Waals surface area contributed by atoms with Crippen molar-refractivity contribution in [2.45, 2.75) is 102 Å². The largest absolute Gasteiger partial charge is 0.494 e. The van der Waals surface area contributed by atoms with Crippen LogP contribution in [0.3, 0.4) is 0 Å². The molecule has 64 heavy (non-hydrogen) atoms. The van der Waals surface area contributed by atoms with Gasteiger partial charge in [-0.05, 0) is 120 Å². The molecule has 0 spiro atoms. The van der Waals surface area contributed by atoms with Crippen LogP contribution in [0.5, 0.6) is 5.75 Å². The molecule has 3 aromatic rings. The maximum absolute atomic E-state index is 13.9. The van der Waals surface area contributed by atoms with Crippen LogP contribution in [-0.2, 0) is 34.0 Å². The number of rotatable bonds is 25. The van der Waals surface area contributed by atoms with Crippen LogP contribution in [0.2, 0.25) is 0 Å². The molecule has 5 rings (SSSR count). The number of pyridine rings is 1. The lowest BCUT2D eigenvalue weighted by Crippen LogP contribution is -2.58. The maximum Gasteiger partial charge on any atom is 0.410 e. The zero-order valence-corrected chi connectivity index (χ0v) is 38.0. The second-order valence-electron chi connectivity index (χ2n) is 17.2. The molecule has 1 saturated heterocycles. The van der Waals surface area contributed by atoms with Gasteiger partial charge in [-0.2, -0.15) is 0 Å². The molecule has 5 N–H and O–H groups in total. The minimum Gasteiger partial charge on any atom is -0.494 e. The Morgan fingerprint density at radius 1 is 0.797 bits per heavy atom. The Hall–Kier alpha value is -5.58. The highest BCUT2D eigenvalue weighted by molar-refractivity contribution is 6.07. The van der Waals surface area contributed by atoms with Crippen molar-refractivity contribution in [1.29, 1.82) is 5.41 Å². The van der Waals surface area contributed by atoms with Gasteiger partial charge in [0, 0.05) is 61.9 Å². The molecule has 1 aliphatic carbocycles. The number of benzene rings is 2. The molecule has 1 saturated carbocycles. The second kappa shape index (κ2) is 24.5. The number of hydrogen-bond acceptors (Lipinski definition) is 12. The first-order valence-electron chi connectivity index (χ1n) is 22.4. The molecule has 0 radical (unpaired) electrons. The Morgan fingerprint density at radius 3 is 2.09 bits per heavy atom. The second-order valence-corrected chi connectivity index (χ2v) is 17.2. The Labute approximate surface area is 377 Å². The molecule has 1 aliphatic heterocycles. The summed E-state index contributed by atoms with van der Waals surface area (Å²) in [7, 11) is 1.38. The minimum absolute atomic E-state index is 0.00439. The van der Waals surface area contributed by atoms with Crippen molar-refractivity contribution in [3.8, 4) is 5.75 Å². The summed E-state index contributed by atoms with van der Waals surface area (Å²) in [5.74, 6) is 0.554. The molecule has 2 aliphatic rings. The Bertz CT molecular complexity index is 1990. The number of carbonyl (C=O) groups is 3. The Kier molecular flexibility index (Phi) is 18.9. The smallest absolute Gasteiger partial charge is 0.410 e. The third kappa shape index (κ3) is 15.9. The fraction of sp³-hybridized carbons (Fsp3) is 0.542. The van der Waals surface area contributed by atoms with E-state index in [-0.39, 0.29) is 23.5 Å². The molecule has 2 heterocycles. The summed E-state index contributed by atoms with van der Waals surface area (Å²) in [6.07, 6.45) is 10.2. The number of nitrogens with two attached hydrogens (primary N) is 1. The SMILES string of the molecule is COC(=O)CCCOCCOCCOCCCCCCOc1cccc(C2(NC(=O)c3cccc(NC4(C(N)=NC(=N)c5ccncc5)CCN(C(=O)OC(C)(C)C)CC4)c3)CC2)c1. The van der Waals surface area contributed by atoms with E-state index in [2.05, 4.69) is 25.3 Å². The van der Waals surface area contributed by atoms with Gasteiger partial charge in [-0.1, -0.05) is 24.6 Å². The highest BCUT2D eigenvalue weighted by Gasteiger charge is 2.46. The summed E-state index contributed by atoms with van der Waals surface area (Å²) in [6, 6.07) is 18.7. The highest BCUT2D eigenvalue weighted by Crippen LogP contribution is 2.46. The number of aliphatic imine (C=N–C) groups is 1. The number of unbranched alkanes of at least 4 members (excludes halogenated alkanes) is 3. The molecule has 348 valence electrons. The number of piperidine rings is 1. The number of amides is 2. The van der Waals surface area contributed by atoms with Gasteiger partial charge in [0.1, 0.15) is 17.2 Å². The number of carbonyl (C=O) groups excluding carboxylic acids is 3. The number of hydrogen-bond donors (Lipinski definition) is 4. The number of aromatic nitrogens is 1. The van der Waals surface area contributed by atoms with Gasteiger partial charge >= 0.3 is 12.1 Å². The first-order valence-corrected chi connectivity index (χ1v) is 22.4. The molecule has 1 aromatic heterocycles. The number of methoxy groups -OCH3 is 1. The van der Waals surface area contributed by atoms with Crippen LogP contribution in [-0.4, -0.2) is 117 Å². The maximum atomic E-state index is 13.9. The summed E-state index contributed by atoms with van der Waals surface area (Å²) in [4.78, 5) is 48.1. The number of anilines is 1. The minimum atomic E-state index is -0.913. The Balaban J connectivity index is 1.07. The molecule has 2 aromatic carbocycles. The number of esters is 1. The highest BCUT2D eigenvalue weighted by atomic mass is 16.6. The van der Waals surface area contributed by atoms with Crippen LogP contribution in [0.25, 0.3) is 0 Å². The molecular formula is C48H67N7O9. The predicted octanol–water partition coefficient (Wildman–Crippen LogP) is 7.01. The van der Waals surface area contributed by atoms with E-state index in [0.717, 1.165) is 49.8 Å². The van der Waals surface area contributed by atoms with Gasteiger partial charge in [-0.3, -0.25) is 20.0 Å². The van der Waals surface area contributed by atoms with E-state index in [9.17, 15) is 14.4 Å². The lowest BCUT2D eigenvalue weighted by Gasteiger charge is -2.42. The van der Waals surface area contributed by atoms with E-state index in [1.807, 2.05) is 57.2 Å². The fourth-order valence-electron chi connectivity index (χ4n) is 7.26. The first-order chi connectivity index (χ1) is 30.8. The summed E-state index contributed by atoms with van der Waals surface area (Å²) >= 11 is 0. The summed E-state index contributed by atoms with van der Waals surface area (Å²) < 4.78 is 33.0. The van der Waals surface area contributed by atoms with Gasteiger partial charge in [0.15, 0.2) is 5.84 Å². The van der Waals surface area contributed by atoms with Crippen molar-refractivity contribution < 1.29 is 42.8 Å². The molecule has 16 nitrogen and oxygen atoms in total. The first kappa shape index (κ1) is 49.4. The quantitative estimate of drug-likeness (QED) is 0.0293. The number of ether oxygens (including phenoxy) is 6. The lowest BCUT2D eigenvalue weighted by molar-refractivity contribution is -0.141. The molecule has 0 atom stereocenters. The normalized spacial score (nSPS) is 15.5. The molecule has 16 heteroatoms. The zero-order chi connectivity index (χ0) is 45.8. The standard InChI is InChI=1S/C48H67N7O9/c1-46(2,3)64-45(58)55-25-21-48(22-26-55,44(50)52-42(49)36-17-23-51-24-18-36)53-39-14-9-12-37(34-39)43(57)54-47(19-20-47)38-13-10-15-40(35-38)63-29-8-6-5-7-27-60-30-32-62-33-31-61-28-11-16-41(56)59-4/h9-10,12-15,17-18,23-24,34-35,53H,5-8,11,16,19-22,25-33H2,1-4H3,(H,54,57)(H3,49,50,52). The molecule has 2 amide bonds. The van der Waals surface area contributed by atoms with Crippen LogP contribution in [0.15, 0.2) is 78.0 Å². The topological polar surface area (TPSA) is 209 Å². The van der Waals surface area contributed by atoms with Crippen LogP contribution < -0.4 is 21.1 Å². The zero-order valence-electron chi connectivity index (χ0n) is 38.0. The van der Waals surface area contributed by atoms with E-state index >= 15 is 0 Å². The van der Waals surface area contributed by atoms with Gasteiger partial charge in [-0.15, -0.1) is 0 Å². The van der Waals surface area contributed by atoms with E-state index in [4.69, 9.17) is 34.8 Å². The number of nitrogens with zero attached hydrogens (tertiary/aromatic N) is 3. The van der Waals surface area contributed by atoms with Crippen molar-refractivity contribution in [2.24, 2.45) is 10.7 Å². The van der Waals surface area contributed by atoms with E-state index in [0.29, 0.717) is 102 Å². The van der Waals surface area contributed by atoms with E-state index in [1.54, 1.807) is 41.6 Å². The van der Waals surface area contributed by atoms with Crippen molar-refractivity contribution in [3.05, 3.63) is 89.7 Å². The van der Waals surface area contributed by atoms with E-state index < -0.39 is 22.8 Å². The fourth-order valence-corrected chi connectivity index (χ4v) is 7.26. The third-order valence-corrected chi connectivity index (χ3v) is 11.0. The van der Waals surface area contributed by atoms with Crippen LogP contribution >= 0.6 is 0 Å². The van der Waals surface area contributed by atoms with Crippen LogP contribution in [0.1, 0.15) is 106 Å². The van der Waals surface area contributed by atoms with Gasteiger partial charge in [-0.25, -0.2) is 9.79 Å². The summed E-state index contributed by atoms with van der Waals surface area (Å²) in [6.45, 7) is 10.0. The predicted molar refractivity (Wildman–Crippen MR) is 245 cm³/mol. The van der Waals surface area contributed by atoms with Crippen LogP contribution in [0, 0.1) is 5.41 Å². The lowest BCUT2D eigenvalue weighted by atomic mass is 9.85. The van der Waals surface area contributed by atoms with Gasteiger partial charge in [0.2, 0.25) is 0 Å². The molecule has 0 bridgehead atoms. The van der Waals surface area contributed by atoms with Crippen molar-refractivity contribution in [3.63, 3.8) is 0 Å². The summed E-state index contributed by atoms with van der Waals surface area (Å²) in [5, 5.41) is 15.5. The Morgan fingerprint density at radius 2 is 1.44 bits per heavy atom. The third-order valence-electron chi connectivity index (χ3n) is 11.0. The molecule has 2 fully saturated rings. The van der Waals surface area contributed by atoms with Crippen LogP contribution in [0.4, 0.5) is 10.5 Å². The number of likely N-dealkylation sites (tertiary alicyclic amines) is 1. The van der Waals surface area contributed by atoms with Gasteiger partial charge in [0.25, 0.3) is 5.91 Å². The summed E-state index contributed by atoms with van der Waals surface area (Å²) in [5.41, 5.74) is 7.45. The monoisotopic (exact) mass is 886 g/mol. The molecule has 0 unspecified atom stereocenters. The molecular weight excluding hydrogens is 819 g/mol. The van der Waals surface area contributed by atoms with E-state index in [1.165, 1.54) is 7.11 Å². The average molecular weight is 886 g/mol. The van der Waals surface area contributed by atoms with Gasteiger partial charge in [0.05, 0.1) is 51.2 Å². The van der Waals surface area contributed by atoms with Crippen molar-refractivity contribution >= 4 is 35.3 Å². The average Bonchev–Trinajstić information content (AvgIpc) is 4.07. The van der Waals surface area contributed by atoms with Crippen molar-refractivity contribution in [2.75, 3.05) is 71.8 Å². The van der Waals surface area contributed by atoms with Gasteiger partial charge < -0.3 is 49.7 Å². The number of amidine groups is 2.